The van der Waals surface area contributed by atoms with Crippen molar-refractivity contribution in [2.75, 3.05) is 18.8 Å². The molecular formula is C15H16N2O4S. The van der Waals surface area contributed by atoms with Crippen LogP contribution in [0.1, 0.15) is 12.8 Å². The number of piperidine rings is 1. The molecule has 1 aromatic carbocycles. The van der Waals surface area contributed by atoms with Crippen LogP contribution in [0, 0.1) is 5.92 Å². The maximum Gasteiger partial charge on any atom is 0.306 e. The molecule has 0 bridgehead atoms. The van der Waals surface area contributed by atoms with Crippen LogP contribution in [0.25, 0.3) is 11.1 Å². The van der Waals surface area contributed by atoms with Gasteiger partial charge in [0.15, 0.2) is 5.58 Å². The third-order valence-electron chi connectivity index (χ3n) is 3.79. The molecule has 3 rings (SSSR count). The monoisotopic (exact) mass is 320 g/mol. The Morgan fingerprint density at radius 1 is 1.32 bits per heavy atom. The summed E-state index contributed by atoms with van der Waals surface area (Å²) in [6.45, 7) is 1.01. The molecule has 0 radical (unpaired) electrons. The summed E-state index contributed by atoms with van der Waals surface area (Å²) in [6.07, 6.45) is 1.04. The van der Waals surface area contributed by atoms with E-state index in [4.69, 9.17) is 9.52 Å². The number of carboxylic acids is 1. The summed E-state index contributed by atoms with van der Waals surface area (Å²) >= 11 is 1.27. The number of amides is 1. The average Bonchev–Trinajstić information content (AvgIpc) is 2.95. The number of benzene rings is 1. The van der Waals surface area contributed by atoms with Crippen LogP contribution >= 0.6 is 11.8 Å². The molecule has 2 aromatic rings. The van der Waals surface area contributed by atoms with E-state index in [0.29, 0.717) is 36.7 Å². The van der Waals surface area contributed by atoms with Crippen molar-refractivity contribution < 1.29 is 19.1 Å². The molecule has 0 aliphatic carbocycles. The Labute approximate surface area is 131 Å². The molecule has 22 heavy (non-hydrogen) atoms. The van der Waals surface area contributed by atoms with Crippen molar-refractivity contribution in [3.05, 3.63) is 24.3 Å². The van der Waals surface area contributed by atoms with Gasteiger partial charge in [-0.1, -0.05) is 23.9 Å². The Morgan fingerprint density at radius 2 is 2.05 bits per heavy atom. The van der Waals surface area contributed by atoms with Crippen molar-refractivity contribution in [2.45, 2.75) is 18.1 Å². The zero-order valence-corrected chi connectivity index (χ0v) is 12.7. The minimum absolute atomic E-state index is 0.00362. The number of hydrogen-bond donors (Lipinski definition) is 1. The largest absolute Gasteiger partial charge is 0.481 e. The third kappa shape index (κ3) is 3.24. The van der Waals surface area contributed by atoms with E-state index in [1.54, 1.807) is 4.90 Å². The maximum atomic E-state index is 12.2. The lowest BCUT2D eigenvalue weighted by Crippen LogP contribution is -2.41. The number of para-hydroxylation sites is 2. The van der Waals surface area contributed by atoms with Crippen molar-refractivity contribution in [1.82, 2.24) is 9.88 Å². The molecule has 0 spiro atoms. The summed E-state index contributed by atoms with van der Waals surface area (Å²) in [5, 5.41) is 9.44. The molecule has 7 heteroatoms. The highest BCUT2D eigenvalue weighted by atomic mass is 32.2. The van der Waals surface area contributed by atoms with Crippen LogP contribution in [0.15, 0.2) is 33.9 Å². The normalized spacial score (nSPS) is 16.1. The van der Waals surface area contributed by atoms with Crippen molar-refractivity contribution >= 4 is 34.7 Å². The molecule has 1 aliphatic heterocycles. The van der Waals surface area contributed by atoms with Gasteiger partial charge in [-0.3, -0.25) is 9.59 Å². The molecule has 1 aliphatic rings. The second kappa shape index (κ2) is 6.39. The summed E-state index contributed by atoms with van der Waals surface area (Å²) in [5.41, 5.74) is 1.49. The molecule has 1 amide bonds. The average molecular weight is 320 g/mol. The molecule has 6 nitrogen and oxygen atoms in total. The standard InChI is InChI=1S/C15H16N2O4S/c18-13(17-7-5-10(6-8-17)14(19)20)9-22-15-16-11-3-1-2-4-12(11)21-15/h1-4,10H,5-9H2,(H,19,20). The van der Waals surface area contributed by atoms with Gasteiger partial charge in [0, 0.05) is 13.1 Å². The van der Waals surface area contributed by atoms with Gasteiger partial charge in [-0.05, 0) is 25.0 Å². The van der Waals surface area contributed by atoms with E-state index in [9.17, 15) is 9.59 Å². The molecule has 0 saturated carbocycles. The fraction of sp³-hybridized carbons (Fsp3) is 0.400. The molecule has 0 unspecified atom stereocenters. The molecule has 1 N–H and O–H groups in total. The zero-order chi connectivity index (χ0) is 15.5. The quantitative estimate of drug-likeness (QED) is 0.870. The lowest BCUT2D eigenvalue weighted by molar-refractivity contribution is -0.145. The lowest BCUT2D eigenvalue weighted by Gasteiger charge is -2.29. The highest BCUT2D eigenvalue weighted by Crippen LogP contribution is 2.24. The summed E-state index contributed by atoms with van der Waals surface area (Å²) in [4.78, 5) is 29.1. The van der Waals surface area contributed by atoms with Crippen molar-refractivity contribution in [2.24, 2.45) is 5.92 Å². The van der Waals surface area contributed by atoms with Gasteiger partial charge >= 0.3 is 5.97 Å². The summed E-state index contributed by atoms with van der Waals surface area (Å²) in [5.74, 6) is -0.845. The summed E-state index contributed by atoms with van der Waals surface area (Å²) < 4.78 is 5.56. The number of aliphatic carboxylic acids is 1. The van der Waals surface area contributed by atoms with E-state index in [2.05, 4.69) is 4.98 Å². The van der Waals surface area contributed by atoms with Crippen molar-refractivity contribution in [1.29, 1.82) is 0 Å². The van der Waals surface area contributed by atoms with Crippen LogP contribution in [0.2, 0.25) is 0 Å². The molecule has 116 valence electrons. The molecule has 1 fully saturated rings. The first kappa shape index (κ1) is 14.9. The van der Waals surface area contributed by atoms with Crippen LogP contribution in [0.4, 0.5) is 0 Å². The Morgan fingerprint density at radius 3 is 2.73 bits per heavy atom. The fourth-order valence-corrected chi connectivity index (χ4v) is 3.24. The smallest absolute Gasteiger partial charge is 0.306 e. The SMILES string of the molecule is O=C(O)C1CCN(C(=O)CSc2nc3ccccc3o2)CC1. The number of carbonyl (C=O) groups is 2. The number of nitrogens with zero attached hydrogens (tertiary/aromatic N) is 2. The number of likely N-dealkylation sites (tertiary alicyclic amines) is 1. The van der Waals surface area contributed by atoms with Gasteiger partial charge < -0.3 is 14.4 Å². The Hall–Kier alpha value is -2.02. The van der Waals surface area contributed by atoms with Gasteiger partial charge in [0.1, 0.15) is 5.52 Å². The van der Waals surface area contributed by atoms with E-state index in [-0.39, 0.29) is 17.6 Å². The lowest BCUT2D eigenvalue weighted by atomic mass is 9.97. The Kier molecular flexibility index (Phi) is 4.33. The third-order valence-corrected chi connectivity index (χ3v) is 4.60. The zero-order valence-electron chi connectivity index (χ0n) is 11.9. The number of carboxylic acid groups (broad SMARTS) is 1. The van der Waals surface area contributed by atoms with Crippen molar-refractivity contribution in [3.8, 4) is 0 Å². The highest BCUT2D eigenvalue weighted by Gasteiger charge is 2.27. The van der Waals surface area contributed by atoms with Crippen LogP contribution in [-0.4, -0.2) is 45.7 Å². The second-order valence-electron chi connectivity index (χ2n) is 5.23. The van der Waals surface area contributed by atoms with Gasteiger partial charge in [0.2, 0.25) is 5.91 Å². The van der Waals surface area contributed by atoms with Gasteiger partial charge in [0.25, 0.3) is 5.22 Å². The Bertz CT molecular complexity index is 659. The first-order valence-corrected chi connectivity index (χ1v) is 8.11. The topological polar surface area (TPSA) is 83.6 Å². The molecular weight excluding hydrogens is 304 g/mol. The van der Waals surface area contributed by atoms with Crippen LogP contribution in [0.3, 0.4) is 0 Å². The summed E-state index contributed by atoms with van der Waals surface area (Å²) in [7, 11) is 0. The van der Waals surface area contributed by atoms with Gasteiger partial charge in [-0.2, -0.15) is 0 Å². The predicted octanol–water partition coefficient (Wildman–Crippen LogP) is 2.24. The molecule has 1 aromatic heterocycles. The van der Waals surface area contributed by atoms with E-state index in [0.717, 1.165) is 5.52 Å². The number of hydrogen-bond acceptors (Lipinski definition) is 5. The minimum atomic E-state index is -0.770. The van der Waals surface area contributed by atoms with Gasteiger partial charge in [0.05, 0.1) is 11.7 Å². The number of oxazole rings is 1. The van der Waals surface area contributed by atoms with Crippen LogP contribution < -0.4 is 0 Å². The maximum absolute atomic E-state index is 12.2. The number of fused-ring (bicyclic) bond motifs is 1. The second-order valence-corrected chi connectivity index (χ2v) is 6.16. The number of thioether (sulfide) groups is 1. The number of aromatic nitrogens is 1. The first-order chi connectivity index (χ1) is 10.6. The van der Waals surface area contributed by atoms with E-state index in [1.807, 2.05) is 24.3 Å². The first-order valence-electron chi connectivity index (χ1n) is 7.12. The van der Waals surface area contributed by atoms with E-state index >= 15 is 0 Å². The molecule has 0 atom stereocenters. The fourth-order valence-electron chi connectivity index (χ4n) is 2.50. The molecule has 1 saturated heterocycles. The number of carbonyl (C=O) groups excluding carboxylic acids is 1. The molecule has 2 heterocycles. The van der Waals surface area contributed by atoms with Crippen molar-refractivity contribution in [3.63, 3.8) is 0 Å². The predicted molar refractivity (Wildman–Crippen MR) is 81.7 cm³/mol. The van der Waals surface area contributed by atoms with E-state index < -0.39 is 5.97 Å². The van der Waals surface area contributed by atoms with E-state index in [1.165, 1.54) is 11.8 Å². The van der Waals surface area contributed by atoms with Gasteiger partial charge in [-0.25, -0.2) is 4.98 Å². The minimum Gasteiger partial charge on any atom is -0.481 e. The van der Waals surface area contributed by atoms with Gasteiger partial charge in [-0.15, -0.1) is 0 Å². The number of rotatable bonds is 4. The summed E-state index contributed by atoms with van der Waals surface area (Å²) in [6, 6.07) is 7.46. The Balaban J connectivity index is 1.53. The highest BCUT2D eigenvalue weighted by molar-refractivity contribution is 7.99. The van der Waals surface area contributed by atoms with Crippen LogP contribution in [0.5, 0.6) is 0 Å². The van der Waals surface area contributed by atoms with Crippen LogP contribution in [-0.2, 0) is 9.59 Å².